The molecule has 1 unspecified atom stereocenters. The number of ether oxygens (including phenoxy) is 1. The lowest BCUT2D eigenvalue weighted by atomic mass is 10.1. The van der Waals surface area contributed by atoms with Gasteiger partial charge < -0.3 is 9.64 Å². The van der Waals surface area contributed by atoms with Crippen molar-refractivity contribution in [3.05, 3.63) is 48.0 Å². The Morgan fingerprint density at radius 2 is 1.93 bits per heavy atom. The quantitative estimate of drug-likeness (QED) is 0.747. The zero-order chi connectivity index (χ0) is 19.4. The Kier molecular flexibility index (Phi) is 5.91. The second kappa shape index (κ2) is 8.18. The number of sulfonamides is 1. The highest BCUT2D eigenvalue weighted by Crippen LogP contribution is 2.25. The minimum absolute atomic E-state index is 0.159. The van der Waals surface area contributed by atoms with Crippen molar-refractivity contribution in [1.82, 2.24) is 14.3 Å². The second-order valence-electron chi connectivity index (χ2n) is 6.70. The summed E-state index contributed by atoms with van der Waals surface area (Å²) in [6, 6.07) is 5.52. The summed E-state index contributed by atoms with van der Waals surface area (Å²) < 4.78 is 45.9. The molecule has 7 nitrogen and oxygen atoms in total. The highest BCUT2D eigenvalue weighted by Gasteiger charge is 2.30. The number of rotatable bonds is 6. The van der Waals surface area contributed by atoms with Crippen LogP contribution in [0.4, 0.5) is 10.2 Å². The number of hydrogen-bond acceptors (Lipinski definition) is 6. The first-order chi connectivity index (χ1) is 12.8. The number of nitrogens with zero attached hydrogens (tertiary/aromatic N) is 4. The average Bonchev–Trinajstić information content (AvgIpc) is 2.64. The van der Waals surface area contributed by atoms with Crippen molar-refractivity contribution >= 4 is 15.8 Å². The van der Waals surface area contributed by atoms with E-state index < -0.39 is 10.0 Å². The fourth-order valence-electron chi connectivity index (χ4n) is 3.00. The standard InChI is InChI=1S/C18H23FN4O3S/c1-22(2)17-18(21-10-9-20-17)26-16-4-3-11-23(12-16)27(24,25)13-14-5-7-15(19)8-6-14/h5-10,16H,3-4,11-13H2,1-2H3. The number of anilines is 1. The lowest BCUT2D eigenvalue weighted by Gasteiger charge is -2.32. The Hall–Kier alpha value is -2.26. The van der Waals surface area contributed by atoms with E-state index in [2.05, 4.69) is 9.97 Å². The zero-order valence-corrected chi connectivity index (χ0v) is 16.2. The van der Waals surface area contributed by atoms with Crippen LogP contribution in [0.2, 0.25) is 0 Å². The molecule has 0 aliphatic carbocycles. The lowest BCUT2D eigenvalue weighted by molar-refractivity contribution is 0.124. The highest BCUT2D eigenvalue weighted by atomic mass is 32.2. The number of benzene rings is 1. The van der Waals surface area contributed by atoms with Crippen LogP contribution in [-0.4, -0.2) is 56.0 Å². The van der Waals surface area contributed by atoms with Gasteiger partial charge in [-0.1, -0.05) is 12.1 Å². The maximum absolute atomic E-state index is 13.0. The van der Waals surface area contributed by atoms with Crippen LogP contribution in [0.3, 0.4) is 0 Å². The molecule has 1 aromatic carbocycles. The molecule has 9 heteroatoms. The van der Waals surface area contributed by atoms with E-state index >= 15 is 0 Å². The Labute approximate surface area is 158 Å². The van der Waals surface area contributed by atoms with Gasteiger partial charge in [-0.05, 0) is 30.5 Å². The molecule has 3 rings (SSSR count). The zero-order valence-electron chi connectivity index (χ0n) is 15.4. The molecular weight excluding hydrogens is 371 g/mol. The summed E-state index contributed by atoms with van der Waals surface area (Å²) in [6.45, 7) is 0.706. The first kappa shape index (κ1) is 19.5. The molecule has 2 aromatic rings. The van der Waals surface area contributed by atoms with Crippen LogP contribution in [0.5, 0.6) is 5.88 Å². The molecule has 1 aliphatic rings. The molecule has 0 N–H and O–H groups in total. The number of halogens is 1. The molecule has 0 spiro atoms. The van der Waals surface area contributed by atoms with Gasteiger partial charge in [0.1, 0.15) is 11.9 Å². The molecule has 1 aliphatic heterocycles. The third-order valence-corrected chi connectivity index (χ3v) is 6.16. The fraction of sp³-hybridized carbons (Fsp3) is 0.444. The molecule has 1 aromatic heterocycles. The van der Waals surface area contributed by atoms with Gasteiger partial charge in [-0.2, -0.15) is 4.31 Å². The van der Waals surface area contributed by atoms with E-state index in [0.29, 0.717) is 30.2 Å². The number of hydrogen-bond donors (Lipinski definition) is 0. The van der Waals surface area contributed by atoms with Crippen molar-refractivity contribution in [1.29, 1.82) is 0 Å². The molecular formula is C18H23FN4O3S. The molecule has 2 heterocycles. The van der Waals surface area contributed by atoms with Crippen LogP contribution in [0, 0.1) is 5.82 Å². The summed E-state index contributed by atoms with van der Waals surface area (Å²) in [7, 11) is 0.172. The van der Waals surface area contributed by atoms with E-state index in [-0.39, 0.29) is 24.2 Å². The largest absolute Gasteiger partial charge is 0.470 e. The maximum Gasteiger partial charge on any atom is 0.257 e. The monoisotopic (exact) mass is 394 g/mol. The highest BCUT2D eigenvalue weighted by molar-refractivity contribution is 7.88. The summed E-state index contributed by atoms with van der Waals surface area (Å²) in [5, 5.41) is 0. The SMILES string of the molecule is CN(C)c1nccnc1OC1CCCN(S(=O)(=O)Cc2ccc(F)cc2)C1. The second-order valence-corrected chi connectivity index (χ2v) is 8.67. The van der Waals surface area contributed by atoms with E-state index in [9.17, 15) is 12.8 Å². The summed E-state index contributed by atoms with van der Waals surface area (Å²) in [6.07, 6.45) is 4.28. The summed E-state index contributed by atoms with van der Waals surface area (Å²) in [5.41, 5.74) is 0.559. The van der Waals surface area contributed by atoms with Gasteiger partial charge in [0.25, 0.3) is 5.88 Å². The molecule has 0 bridgehead atoms. The van der Waals surface area contributed by atoms with Gasteiger partial charge in [0.15, 0.2) is 5.82 Å². The predicted molar refractivity (Wildman–Crippen MR) is 101 cm³/mol. The van der Waals surface area contributed by atoms with Crippen molar-refractivity contribution in [3.8, 4) is 5.88 Å². The smallest absolute Gasteiger partial charge is 0.257 e. The Balaban J connectivity index is 1.69. The number of piperidine rings is 1. The molecule has 0 amide bonds. The van der Waals surface area contributed by atoms with Gasteiger partial charge in [-0.3, -0.25) is 0 Å². The topological polar surface area (TPSA) is 75.6 Å². The molecule has 1 atom stereocenters. The summed E-state index contributed by atoms with van der Waals surface area (Å²) in [4.78, 5) is 10.3. The van der Waals surface area contributed by atoms with E-state index in [4.69, 9.17) is 4.74 Å². The molecule has 1 saturated heterocycles. The van der Waals surface area contributed by atoms with Gasteiger partial charge in [-0.15, -0.1) is 0 Å². The first-order valence-electron chi connectivity index (χ1n) is 8.72. The van der Waals surface area contributed by atoms with Crippen LogP contribution in [0.1, 0.15) is 18.4 Å². The van der Waals surface area contributed by atoms with Gasteiger partial charge >= 0.3 is 0 Å². The van der Waals surface area contributed by atoms with Crippen molar-refractivity contribution in [3.63, 3.8) is 0 Å². The molecule has 0 saturated carbocycles. The normalized spacial score (nSPS) is 18.3. The summed E-state index contributed by atoms with van der Waals surface area (Å²) in [5.74, 6) is 0.450. The van der Waals surface area contributed by atoms with Crippen molar-refractivity contribution in [2.24, 2.45) is 0 Å². The van der Waals surface area contributed by atoms with Gasteiger partial charge in [-0.25, -0.2) is 22.8 Å². The van der Waals surface area contributed by atoms with E-state index in [1.807, 2.05) is 14.1 Å². The van der Waals surface area contributed by atoms with E-state index in [1.54, 1.807) is 17.3 Å². The van der Waals surface area contributed by atoms with E-state index in [0.717, 1.165) is 6.42 Å². The minimum atomic E-state index is -3.52. The first-order valence-corrected chi connectivity index (χ1v) is 10.3. The van der Waals surface area contributed by atoms with Crippen molar-refractivity contribution in [2.75, 3.05) is 32.1 Å². The lowest BCUT2D eigenvalue weighted by Crippen LogP contribution is -2.44. The third-order valence-electron chi connectivity index (χ3n) is 4.35. The Bertz CT molecular complexity index is 874. The predicted octanol–water partition coefficient (Wildman–Crippen LogP) is 2.05. The number of aromatic nitrogens is 2. The average molecular weight is 394 g/mol. The summed E-state index contributed by atoms with van der Waals surface area (Å²) >= 11 is 0. The third kappa shape index (κ3) is 4.92. The van der Waals surface area contributed by atoms with Gasteiger partial charge in [0.05, 0.1) is 12.3 Å². The Morgan fingerprint density at radius 3 is 2.63 bits per heavy atom. The molecule has 27 heavy (non-hydrogen) atoms. The molecule has 0 radical (unpaired) electrons. The van der Waals surface area contributed by atoms with Crippen LogP contribution in [-0.2, 0) is 15.8 Å². The maximum atomic E-state index is 13.0. The van der Waals surface area contributed by atoms with Crippen LogP contribution >= 0.6 is 0 Å². The van der Waals surface area contributed by atoms with Gasteiger partial charge in [0, 0.05) is 33.0 Å². The van der Waals surface area contributed by atoms with Crippen LogP contribution in [0.15, 0.2) is 36.7 Å². The Morgan fingerprint density at radius 1 is 1.22 bits per heavy atom. The molecule has 1 fully saturated rings. The van der Waals surface area contributed by atoms with Gasteiger partial charge in [0.2, 0.25) is 10.0 Å². The minimum Gasteiger partial charge on any atom is -0.470 e. The van der Waals surface area contributed by atoms with Crippen LogP contribution in [0.25, 0.3) is 0 Å². The van der Waals surface area contributed by atoms with E-state index in [1.165, 1.54) is 28.6 Å². The fourth-order valence-corrected chi connectivity index (χ4v) is 4.60. The molecule has 146 valence electrons. The van der Waals surface area contributed by atoms with Crippen LogP contribution < -0.4 is 9.64 Å². The van der Waals surface area contributed by atoms with Crippen molar-refractivity contribution in [2.45, 2.75) is 24.7 Å². The van der Waals surface area contributed by atoms with Crippen molar-refractivity contribution < 1.29 is 17.5 Å².